The Morgan fingerprint density at radius 1 is 1.47 bits per heavy atom. The molecule has 17 heavy (non-hydrogen) atoms. The first kappa shape index (κ1) is 13.5. The van der Waals surface area contributed by atoms with Crippen molar-refractivity contribution in [1.29, 1.82) is 0 Å². The van der Waals surface area contributed by atoms with Crippen molar-refractivity contribution >= 4 is 5.97 Å². The topological polar surface area (TPSA) is 58.6 Å². The average molecular weight is 237 g/mol. The normalized spacial score (nSPS) is 12.1. The predicted molar refractivity (Wildman–Crippen MR) is 66.4 cm³/mol. The molecule has 0 fully saturated rings. The molecular weight excluding hydrogens is 218 g/mol. The standard InChI is InChI=1S/C13H19NO3/c1-3-14-11(13(15)16)8-9-17-12-7-5-4-6-10(12)2/h4-7,11,14H,3,8-9H2,1-2H3,(H,15,16). The molecule has 1 unspecified atom stereocenters. The van der Waals surface area contributed by atoms with Crippen LogP contribution in [0.25, 0.3) is 0 Å². The van der Waals surface area contributed by atoms with Gasteiger partial charge in [-0.15, -0.1) is 0 Å². The summed E-state index contributed by atoms with van der Waals surface area (Å²) >= 11 is 0. The van der Waals surface area contributed by atoms with Gasteiger partial charge in [-0.2, -0.15) is 0 Å². The summed E-state index contributed by atoms with van der Waals surface area (Å²) in [5, 5.41) is 11.8. The van der Waals surface area contributed by atoms with E-state index in [9.17, 15) is 4.79 Å². The van der Waals surface area contributed by atoms with Gasteiger partial charge in [-0.05, 0) is 25.1 Å². The fourth-order valence-electron chi connectivity index (χ4n) is 1.56. The van der Waals surface area contributed by atoms with Crippen LogP contribution in [0.2, 0.25) is 0 Å². The van der Waals surface area contributed by atoms with E-state index in [0.717, 1.165) is 11.3 Å². The zero-order valence-corrected chi connectivity index (χ0v) is 10.3. The Hall–Kier alpha value is -1.55. The van der Waals surface area contributed by atoms with Gasteiger partial charge in [0.15, 0.2) is 0 Å². The van der Waals surface area contributed by atoms with Gasteiger partial charge in [-0.25, -0.2) is 0 Å². The van der Waals surface area contributed by atoms with E-state index in [2.05, 4.69) is 5.32 Å². The largest absolute Gasteiger partial charge is 0.493 e. The number of nitrogens with one attached hydrogen (secondary N) is 1. The van der Waals surface area contributed by atoms with E-state index >= 15 is 0 Å². The van der Waals surface area contributed by atoms with Crippen LogP contribution in [-0.4, -0.2) is 30.3 Å². The van der Waals surface area contributed by atoms with Gasteiger partial charge in [-0.1, -0.05) is 25.1 Å². The van der Waals surface area contributed by atoms with Crippen LogP contribution < -0.4 is 10.1 Å². The summed E-state index contributed by atoms with van der Waals surface area (Å²) in [4.78, 5) is 10.9. The molecule has 0 saturated heterocycles. The van der Waals surface area contributed by atoms with Crippen molar-refractivity contribution in [1.82, 2.24) is 5.32 Å². The molecule has 0 radical (unpaired) electrons. The zero-order valence-electron chi connectivity index (χ0n) is 10.3. The number of carboxylic acid groups (broad SMARTS) is 1. The Morgan fingerprint density at radius 2 is 2.18 bits per heavy atom. The number of ether oxygens (including phenoxy) is 1. The minimum absolute atomic E-state index is 0.398. The molecule has 0 saturated carbocycles. The van der Waals surface area contributed by atoms with E-state index < -0.39 is 12.0 Å². The Balaban J connectivity index is 2.41. The number of aryl methyl sites for hydroxylation is 1. The first-order valence-corrected chi connectivity index (χ1v) is 5.79. The third kappa shape index (κ3) is 4.44. The first-order chi connectivity index (χ1) is 8.15. The molecule has 0 heterocycles. The number of carbonyl (C=O) groups is 1. The van der Waals surface area contributed by atoms with Gasteiger partial charge < -0.3 is 15.2 Å². The third-order valence-corrected chi connectivity index (χ3v) is 2.51. The molecular formula is C13H19NO3. The smallest absolute Gasteiger partial charge is 0.320 e. The highest BCUT2D eigenvalue weighted by Gasteiger charge is 2.15. The summed E-state index contributed by atoms with van der Waals surface area (Å²) in [5.74, 6) is -0.0200. The number of carboxylic acids is 1. The van der Waals surface area contributed by atoms with Crippen LogP contribution >= 0.6 is 0 Å². The SMILES string of the molecule is CCNC(CCOc1ccccc1C)C(=O)O. The van der Waals surface area contributed by atoms with Crippen LogP contribution in [0.5, 0.6) is 5.75 Å². The van der Waals surface area contributed by atoms with Gasteiger partial charge in [0.05, 0.1) is 6.61 Å². The summed E-state index contributed by atoms with van der Waals surface area (Å²) in [6.07, 6.45) is 0.456. The molecule has 0 bridgehead atoms. The summed E-state index contributed by atoms with van der Waals surface area (Å²) < 4.78 is 5.56. The van der Waals surface area contributed by atoms with E-state index in [4.69, 9.17) is 9.84 Å². The molecule has 0 aliphatic heterocycles. The molecule has 94 valence electrons. The molecule has 4 nitrogen and oxygen atoms in total. The van der Waals surface area contributed by atoms with Crippen LogP contribution in [0.15, 0.2) is 24.3 Å². The lowest BCUT2D eigenvalue weighted by molar-refractivity contribution is -0.139. The minimum atomic E-state index is -0.833. The Morgan fingerprint density at radius 3 is 2.76 bits per heavy atom. The van der Waals surface area contributed by atoms with Crippen LogP contribution in [0.4, 0.5) is 0 Å². The Kier molecular flexibility index (Phi) is 5.49. The van der Waals surface area contributed by atoms with E-state index in [1.807, 2.05) is 38.1 Å². The molecule has 0 spiro atoms. The second-order valence-corrected chi connectivity index (χ2v) is 3.85. The van der Waals surface area contributed by atoms with Crippen LogP contribution in [0.1, 0.15) is 18.9 Å². The number of benzene rings is 1. The number of para-hydroxylation sites is 1. The fraction of sp³-hybridized carbons (Fsp3) is 0.462. The molecule has 1 aromatic rings. The number of hydrogen-bond donors (Lipinski definition) is 2. The van der Waals surface area contributed by atoms with Crippen LogP contribution in [0.3, 0.4) is 0 Å². The minimum Gasteiger partial charge on any atom is -0.493 e. The van der Waals surface area contributed by atoms with Gasteiger partial charge >= 0.3 is 5.97 Å². The molecule has 4 heteroatoms. The lowest BCUT2D eigenvalue weighted by Crippen LogP contribution is -2.37. The first-order valence-electron chi connectivity index (χ1n) is 5.79. The average Bonchev–Trinajstić information content (AvgIpc) is 2.30. The van der Waals surface area contributed by atoms with E-state index in [1.54, 1.807) is 0 Å². The monoisotopic (exact) mass is 237 g/mol. The summed E-state index contributed by atoms with van der Waals surface area (Å²) in [6.45, 7) is 4.89. The van der Waals surface area contributed by atoms with E-state index in [1.165, 1.54) is 0 Å². The second-order valence-electron chi connectivity index (χ2n) is 3.85. The molecule has 0 aliphatic carbocycles. The van der Waals surface area contributed by atoms with Crippen molar-refractivity contribution < 1.29 is 14.6 Å². The third-order valence-electron chi connectivity index (χ3n) is 2.51. The fourth-order valence-corrected chi connectivity index (χ4v) is 1.56. The quantitative estimate of drug-likeness (QED) is 0.759. The lowest BCUT2D eigenvalue weighted by Gasteiger charge is -2.14. The highest BCUT2D eigenvalue weighted by atomic mass is 16.5. The van der Waals surface area contributed by atoms with Gasteiger partial charge in [0.2, 0.25) is 0 Å². The van der Waals surface area contributed by atoms with Crippen molar-refractivity contribution in [3.05, 3.63) is 29.8 Å². The molecule has 2 N–H and O–H groups in total. The van der Waals surface area contributed by atoms with Crippen LogP contribution in [-0.2, 0) is 4.79 Å². The highest BCUT2D eigenvalue weighted by Crippen LogP contribution is 2.16. The molecule has 0 amide bonds. The molecule has 1 rings (SSSR count). The molecule has 1 atom stereocenters. The highest BCUT2D eigenvalue weighted by molar-refractivity contribution is 5.73. The molecule has 0 aliphatic rings. The summed E-state index contributed by atoms with van der Waals surface area (Å²) in [6, 6.07) is 7.17. The van der Waals surface area contributed by atoms with E-state index in [0.29, 0.717) is 19.6 Å². The van der Waals surface area contributed by atoms with Gasteiger partial charge in [-0.3, -0.25) is 4.79 Å². The lowest BCUT2D eigenvalue weighted by atomic mass is 10.2. The predicted octanol–water partition coefficient (Wildman–Crippen LogP) is 1.83. The van der Waals surface area contributed by atoms with Crippen molar-refractivity contribution in [2.24, 2.45) is 0 Å². The zero-order chi connectivity index (χ0) is 12.7. The second kappa shape index (κ2) is 6.91. The van der Waals surface area contributed by atoms with Crippen molar-refractivity contribution in [3.63, 3.8) is 0 Å². The number of hydrogen-bond acceptors (Lipinski definition) is 3. The molecule has 1 aromatic carbocycles. The maximum atomic E-state index is 10.9. The van der Waals surface area contributed by atoms with Crippen molar-refractivity contribution in [2.75, 3.05) is 13.2 Å². The summed E-state index contributed by atoms with van der Waals surface area (Å²) in [5.41, 5.74) is 1.06. The van der Waals surface area contributed by atoms with Gasteiger partial charge in [0.1, 0.15) is 11.8 Å². The van der Waals surface area contributed by atoms with Crippen molar-refractivity contribution in [3.8, 4) is 5.75 Å². The number of rotatable bonds is 7. The summed E-state index contributed by atoms with van der Waals surface area (Å²) in [7, 11) is 0. The maximum absolute atomic E-state index is 10.9. The van der Waals surface area contributed by atoms with Gasteiger partial charge in [0.25, 0.3) is 0 Å². The Bertz CT molecular complexity index is 365. The van der Waals surface area contributed by atoms with Crippen molar-refractivity contribution in [2.45, 2.75) is 26.3 Å². The van der Waals surface area contributed by atoms with Crippen LogP contribution in [0, 0.1) is 6.92 Å². The number of aliphatic carboxylic acids is 1. The number of likely N-dealkylation sites (N-methyl/N-ethyl adjacent to an activating group) is 1. The molecule has 0 aromatic heterocycles. The maximum Gasteiger partial charge on any atom is 0.320 e. The Labute approximate surface area is 102 Å². The van der Waals surface area contributed by atoms with Gasteiger partial charge in [0, 0.05) is 6.42 Å². The van der Waals surface area contributed by atoms with E-state index in [-0.39, 0.29) is 0 Å².